The maximum absolute atomic E-state index is 11.1. The standard InChI is InChI=1S/C14H16O5/c1-16-8-12(17-2)9-18-11-5-3-10-4-6-14(15)19-13(10)7-11/h3-7,12H,8-9H2,1-2H3. The van der Waals surface area contributed by atoms with Gasteiger partial charge in [-0.25, -0.2) is 4.79 Å². The zero-order chi connectivity index (χ0) is 13.7. The van der Waals surface area contributed by atoms with Crippen LogP contribution < -0.4 is 10.4 Å². The lowest BCUT2D eigenvalue weighted by Crippen LogP contribution is -2.25. The van der Waals surface area contributed by atoms with Gasteiger partial charge in [0.05, 0.1) is 6.61 Å². The quantitative estimate of drug-likeness (QED) is 0.745. The number of fused-ring (bicyclic) bond motifs is 1. The van der Waals surface area contributed by atoms with Crippen molar-refractivity contribution in [2.75, 3.05) is 27.4 Å². The van der Waals surface area contributed by atoms with E-state index in [-0.39, 0.29) is 11.7 Å². The topological polar surface area (TPSA) is 57.9 Å². The van der Waals surface area contributed by atoms with E-state index < -0.39 is 0 Å². The van der Waals surface area contributed by atoms with Gasteiger partial charge in [-0.1, -0.05) is 0 Å². The normalized spacial score (nSPS) is 12.5. The molecule has 2 aromatic rings. The van der Waals surface area contributed by atoms with Crippen LogP contribution in [-0.4, -0.2) is 33.5 Å². The van der Waals surface area contributed by atoms with Crippen LogP contribution in [0.5, 0.6) is 5.75 Å². The third kappa shape index (κ3) is 3.56. The van der Waals surface area contributed by atoms with Crippen LogP contribution in [0.4, 0.5) is 0 Å². The van der Waals surface area contributed by atoms with E-state index in [9.17, 15) is 4.79 Å². The van der Waals surface area contributed by atoms with Crippen molar-refractivity contribution in [1.29, 1.82) is 0 Å². The van der Waals surface area contributed by atoms with Crippen LogP contribution in [-0.2, 0) is 9.47 Å². The Kier molecular flexibility index (Phi) is 4.54. The van der Waals surface area contributed by atoms with Crippen molar-refractivity contribution in [2.24, 2.45) is 0 Å². The van der Waals surface area contributed by atoms with Crippen LogP contribution in [0.1, 0.15) is 0 Å². The lowest BCUT2D eigenvalue weighted by Gasteiger charge is -2.15. The van der Waals surface area contributed by atoms with Crippen molar-refractivity contribution < 1.29 is 18.6 Å². The Bertz CT molecular complexity index is 590. The van der Waals surface area contributed by atoms with Gasteiger partial charge < -0.3 is 18.6 Å². The molecule has 0 bridgehead atoms. The molecule has 0 aliphatic rings. The van der Waals surface area contributed by atoms with Crippen LogP contribution in [0, 0.1) is 0 Å². The maximum atomic E-state index is 11.1. The first kappa shape index (κ1) is 13.6. The Morgan fingerprint density at radius 3 is 2.68 bits per heavy atom. The molecule has 0 aliphatic carbocycles. The van der Waals surface area contributed by atoms with E-state index in [2.05, 4.69) is 0 Å². The highest BCUT2D eigenvalue weighted by Crippen LogP contribution is 2.19. The minimum atomic E-state index is -0.376. The minimum Gasteiger partial charge on any atom is -0.491 e. The van der Waals surface area contributed by atoms with Gasteiger partial charge in [0.15, 0.2) is 0 Å². The second kappa shape index (κ2) is 6.36. The van der Waals surface area contributed by atoms with Crippen molar-refractivity contribution in [1.82, 2.24) is 0 Å². The molecule has 0 N–H and O–H groups in total. The lowest BCUT2D eigenvalue weighted by molar-refractivity contribution is 0.000889. The predicted octanol–water partition coefficient (Wildman–Crippen LogP) is 1.83. The van der Waals surface area contributed by atoms with Gasteiger partial charge in [-0.2, -0.15) is 0 Å². The summed E-state index contributed by atoms with van der Waals surface area (Å²) in [7, 11) is 3.21. The van der Waals surface area contributed by atoms with E-state index in [4.69, 9.17) is 18.6 Å². The van der Waals surface area contributed by atoms with Crippen molar-refractivity contribution in [3.8, 4) is 5.75 Å². The Balaban J connectivity index is 2.10. The molecule has 1 atom stereocenters. The van der Waals surface area contributed by atoms with E-state index in [1.54, 1.807) is 26.4 Å². The highest BCUT2D eigenvalue weighted by Gasteiger charge is 2.08. The van der Waals surface area contributed by atoms with Crippen LogP contribution in [0.2, 0.25) is 0 Å². The molecule has 0 amide bonds. The summed E-state index contributed by atoms with van der Waals surface area (Å²) in [6, 6.07) is 8.46. The average Bonchev–Trinajstić information content (AvgIpc) is 2.43. The van der Waals surface area contributed by atoms with E-state index in [1.807, 2.05) is 12.1 Å². The summed E-state index contributed by atoms with van der Waals surface area (Å²) < 4.78 is 20.9. The van der Waals surface area contributed by atoms with E-state index in [0.717, 1.165) is 5.39 Å². The predicted molar refractivity (Wildman–Crippen MR) is 70.7 cm³/mol. The van der Waals surface area contributed by atoms with E-state index in [1.165, 1.54) is 6.07 Å². The highest BCUT2D eigenvalue weighted by atomic mass is 16.5. The molecule has 0 spiro atoms. The first-order valence-corrected chi connectivity index (χ1v) is 5.91. The molecule has 1 aromatic carbocycles. The number of hydrogen-bond donors (Lipinski definition) is 0. The van der Waals surface area contributed by atoms with Crippen LogP contribution in [0.15, 0.2) is 39.5 Å². The molecule has 0 aliphatic heterocycles. The molecule has 2 rings (SSSR count). The zero-order valence-electron chi connectivity index (χ0n) is 10.9. The van der Waals surface area contributed by atoms with Gasteiger partial charge >= 0.3 is 5.63 Å². The SMILES string of the molecule is COCC(COc1ccc2ccc(=O)oc2c1)OC. The molecule has 1 aromatic heterocycles. The van der Waals surface area contributed by atoms with Gasteiger partial charge in [0, 0.05) is 31.7 Å². The third-order valence-corrected chi connectivity index (χ3v) is 2.72. The fourth-order valence-electron chi connectivity index (χ4n) is 1.69. The van der Waals surface area contributed by atoms with Crippen molar-refractivity contribution in [3.05, 3.63) is 40.8 Å². The van der Waals surface area contributed by atoms with Gasteiger partial charge in [0.2, 0.25) is 0 Å². The van der Waals surface area contributed by atoms with Crippen molar-refractivity contribution >= 4 is 11.0 Å². The number of benzene rings is 1. The second-order valence-electron chi connectivity index (χ2n) is 4.08. The molecule has 0 fully saturated rings. The van der Waals surface area contributed by atoms with Gasteiger partial charge in [-0.3, -0.25) is 0 Å². The maximum Gasteiger partial charge on any atom is 0.336 e. The summed E-state index contributed by atoms with van der Waals surface area (Å²) in [6.45, 7) is 0.825. The fourth-order valence-corrected chi connectivity index (χ4v) is 1.69. The number of methoxy groups -OCH3 is 2. The first-order valence-electron chi connectivity index (χ1n) is 5.91. The van der Waals surface area contributed by atoms with Gasteiger partial charge in [-0.15, -0.1) is 0 Å². The van der Waals surface area contributed by atoms with Crippen LogP contribution >= 0.6 is 0 Å². The van der Waals surface area contributed by atoms with Gasteiger partial charge in [0.1, 0.15) is 24.0 Å². The van der Waals surface area contributed by atoms with Crippen molar-refractivity contribution in [2.45, 2.75) is 6.10 Å². The fraction of sp³-hybridized carbons (Fsp3) is 0.357. The summed E-state index contributed by atoms with van der Waals surface area (Å²) >= 11 is 0. The van der Waals surface area contributed by atoms with Crippen LogP contribution in [0.3, 0.4) is 0 Å². The second-order valence-corrected chi connectivity index (χ2v) is 4.08. The zero-order valence-corrected chi connectivity index (χ0v) is 10.9. The summed E-state index contributed by atoms with van der Waals surface area (Å²) in [5, 5.41) is 0.854. The summed E-state index contributed by atoms with van der Waals surface area (Å²) in [5.41, 5.74) is 0.129. The molecule has 19 heavy (non-hydrogen) atoms. The lowest BCUT2D eigenvalue weighted by atomic mass is 10.2. The first-order chi connectivity index (χ1) is 9.22. The summed E-state index contributed by atoms with van der Waals surface area (Å²) in [5.74, 6) is 0.625. The Labute approximate surface area is 110 Å². The molecule has 5 nitrogen and oxygen atoms in total. The molecule has 0 radical (unpaired) electrons. The molecular formula is C14H16O5. The molecular weight excluding hydrogens is 248 g/mol. The van der Waals surface area contributed by atoms with Gasteiger partial charge in [0.25, 0.3) is 0 Å². The molecule has 0 saturated heterocycles. The Hall–Kier alpha value is -1.85. The Morgan fingerprint density at radius 2 is 1.95 bits per heavy atom. The summed E-state index contributed by atoms with van der Waals surface area (Å²) in [6.07, 6.45) is -0.136. The van der Waals surface area contributed by atoms with E-state index >= 15 is 0 Å². The van der Waals surface area contributed by atoms with Crippen LogP contribution in [0.25, 0.3) is 11.0 Å². The molecule has 1 unspecified atom stereocenters. The van der Waals surface area contributed by atoms with E-state index in [0.29, 0.717) is 24.5 Å². The molecule has 0 saturated carbocycles. The summed E-state index contributed by atoms with van der Waals surface area (Å²) in [4.78, 5) is 11.1. The van der Waals surface area contributed by atoms with Crippen molar-refractivity contribution in [3.63, 3.8) is 0 Å². The molecule has 5 heteroatoms. The Morgan fingerprint density at radius 1 is 1.16 bits per heavy atom. The number of ether oxygens (including phenoxy) is 3. The van der Waals surface area contributed by atoms with Gasteiger partial charge in [-0.05, 0) is 18.2 Å². The monoisotopic (exact) mass is 264 g/mol. The molecule has 102 valence electrons. The third-order valence-electron chi connectivity index (χ3n) is 2.72. The smallest absolute Gasteiger partial charge is 0.336 e. The number of hydrogen-bond acceptors (Lipinski definition) is 5. The molecule has 1 heterocycles. The average molecular weight is 264 g/mol. The highest BCUT2D eigenvalue weighted by molar-refractivity contribution is 5.77. The largest absolute Gasteiger partial charge is 0.491 e. The minimum absolute atomic E-state index is 0.136. The number of rotatable bonds is 6.